The van der Waals surface area contributed by atoms with E-state index in [9.17, 15) is 10.5 Å². The van der Waals surface area contributed by atoms with Gasteiger partial charge in [0.1, 0.15) is 0 Å². The third-order valence-electron chi connectivity index (χ3n) is 11.1. The molecule has 3 aromatic heterocycles. The maximum atomic E-state index is 10.6. The maximum absolute atomic E-state index is 10.6. The molecule has 55 heavy (non-hydrogen) atoms. The predicted molar refractivity (Wildman–Crippen MR) is 224 cm³/mol. The number of benzene rings is 8. The van der Waals surface area contributed by atoms with Crippen molar-refractivity contribution in [2.24, 2.45) is 0 Å². The first kappa shape index (κ1) is 30.7. The Labute approximate surface area is 316 Å². The first-order chi connectivity index (χ1) is 27.2. The van der Waals surface area contributed by atoms with E-state index in [-0.39, 0.29) is 0 Å². The van der Waals surface area contributed by atoms with Crippen LogP contribution in [0.25, 0.3) is 93.6 Å². The van der Waals surface area contributed by atoms with Crippen LogP contribution in [0.5, 0.6) is 0 Å². The third-order valence-corrected chi connectivity index (χ3v) is 11.1. The molecule has 0 unspecified atom stereocenters. The Morgan fingerprint density at radius 2 is 0.782 bits per heavy atom. The standard InChI is InChI=1S/C50H29N5/c51-30-32-20-24-49-43(26-32)41-14-3-7-18-47(41)55(49)37-22-25-50-44(29-37)42-15-4-8-19-48(42)54(50)36-21-23-38(34(28-36)31-52)33-10-9-11-35(27-33)53-45-16-5-1-12-39(45)40-13-2-6-17-46(40)53/h1-29H. The van der Waals surface area contributed by atoms with Gasteiger partial charge in [0.15, 0.2) is 0 Å². The summed E-state index contributed by atoms with van der Waals surface area (Å²) in [4.78, 5) is 0. The van der Waals surface area contributed by atoms with E-state index in [4.69, 9.17) is 0 Å². The van der Waals surface area contributed by atoms with E-state index < -0.39 is 0 Å². The fourth-order valence-corrected chi connectivity index (χ4v) is 8.73. The molecule has 8 aromatic carbocycles. The predicted octanol–water partition coefficient (Wildman–Crippen LogP) is 12.4. The normalized spacial score (nSPS) is 11.6. The fraction of sp³-hybridized carbons (Fsp3) is 0. The molecule has 0 bridgehead atoms. The van der Waals surface area contributed by atoms with E-state index in [2.05, 4.69) is 171 Å². The van der Waals surface area contributed by atoms with Crippen molar-refractivity contribution in [1.29, 1.82) is 10.5 Å². The van der Waals surface area contributed by atoms with Crippen LogP contribution >= 0.6 is 0 Å². The third kappa shape index (κ3) is 4.51. The highest BCUT2D eigenvalue weighted by atomic mass is 15.0. The van der Waals surface area contributed by atoms with E-state index in [1.807, 2.05) is 30.3 Å². The Bertz CT molecular complexity index is 3420. The van der Waals surface area contributed by atoms with Gasteiger partial charge in [-0.1, -0.05) is 91.0 Å². The van der Waals surface area contributed by atoms with Gasteiger partial charge in [-0.2, -0.15) is 10.5 Å². The number of rotatable bonds is 4. The molecule has 11 aromatic rings. The lowest BCUT2D eigenvalue weighted by Gasteiger charge is -2.13. The molecule has 0 N–H and O–H groups in total. The zero-order chi connectivity index (χ0) is 36.6. The van der Waals surface area contributed by atoms with Gasteiger partial charge in [-0.25, -0.2) is 0 Å². The monoisotopic (exact) mass is 699 g/mol. The van der Waals surface area contributed by atoms with Gasteiger partial charge in [0.2, 0.25) is 0 Å². The summed E-state index contributed by atoms with van der Waals surface area (Å²) in [5, 5.41) is 27.1. The summed E-state index contributed by atoms with van der Waals surface area (Å²) in [6.07, 6.45) is 0. The van der Waals surface area contributed by atoms with Crippen LogP contribution in [0.3, 0.4) is 0 Å². The molecule has 0 atom stereocenters. The summed E-state index contributed by atoms with van der Waals surface area (Å²) < 4.78 is 6.86. The summed E-state index contributed by atoms with van der Waals surface area (Å²) in [7, 11) is 0. The lowest BCUT2D eigenvalue weighted by Crippen LogP contribution is -1.98. The van der Waals surface area contributed by atoms with Crippen LogP contribution in [0, 0.1) is 22.7 Å². The molecule has 5 nitrogen and oxygen atoms in total. The van der Waals surface area contributed by atoms with Crippen molar-refractivity contribution in [3.63, 3.8) is 0 Å². The molecule has 0 spiro atoms. The average molecular weight is 700 g/mol. The average Bonchev–Trinajstić information content (AvgIpc) is 3.88. The van der Waals surface area contributed by atoms with Crippen molar-refractivity contribution in [2.75, 3.05) is 0 Å². The molecule has 0 aliphatic heterocycles. The molecular formula is C50H29N5. The molecule has 0 radical (unpaired) electrons. The van der Waals surface area contributed by atoms with Crippen molar-refractivity contribution in [3.8, 4) is 40.3 Å². The molecule has 0 fully saturated rings. The topological polar surface area (TPSA) is 62.4 Å². The second kappa shape index (κ2) is 11.8. The molecule has 0 saturated heterocycles. The van der Waals surface area contributed by atoms with Crippen molar-refractivity contribution < 1.29 is 0 Å². The van der Waals surface area contributed by atoms with Crippen molar-refractivity contribution in [3.05, 3.63) is 187 Å². The van der Waals surface area contributed by atoms with Crippen LogP contribution in [-0.2, 0) is 0 Å². The Hall–Kier alpha value is -7.86. The van der Waals surface area contributed by atoms with Gasteiger partial charge >= 0.3 is 0 Å². The second-order valence-corrected chi connectivity index (χ2v) is 14.0. The largest absolute Gasteiger partial charge is 0.309 e. The number of aromatic nitrogens is 3. The van der Waals surface area contributed by atoms with Crippen molar-refractivity contribution >= 4 is 65.4 Å². The van der Waals surface area contributed by atoms with Crippen LogP contribution in [0.15, 0.2) is 176 Å². The number of nitriles is 2. The van der Waals surface area contributed by atoms with E-state index in [0.29, 0.717) is 11.1 Å². The van der Waals surface area contributed by atoms with Gasteiger partial charge in [0.25, 0.3) is 0 Å². The van der Waals surface area contributed by atoms with E-state index in [1.165, 1.54) is 10.8 Å². The maximum Gasteiger partial charge on any atom is 0.0998 e. The Morgan fingerprint density at radius 1 is 0.327 bits per heavy atom. The Balaban J connectivity index is 1.06. The molecule has 3 heterocycles. The number of nitrogens with zero attached hydrogens (tertiary/aromatic N) is 5. The molecule has 0 aliphatic carbocycles. The summed E-state index contributed by atoms with van der Waals surface area (Å²) >= 11 is 0. The first-order valence-corrected chi connectivity index (χ1v) is 18.3. The smallest absolute Gasteiger partial charge is 0.0998 e. The van der Waals surface area contributed by atoms with E-state index >= 15 is 0 Å². The van der Waals surface area contributed by atoms with Gasteiger partial charge in [-0.05, 0) is 96.1 Å². The zero-order valence-electron chi connectivity index (χ0n) is 29.5. The second-order valence-electron chi connectivity index (χ2n) is 14.0. The van der Waals surface area contributed by atoms with Crippen LogP contribution in [-0.4, -0.2) is 13.7 Å². The lowest BCUT2D eigenvalue weighted by atomic mass is 9.99. The lowest BCUT2D eigenvalue weighted by molar-refractivity contribution is 1.16. The van der Waals surface area contributed by atoms with Crippen LogP contribution in [0.1, 0.15) is 11.1 Å². The Kier molecular flexibility index (Phi) is 6.61. The van der Waals surface area contributed by atoms with Gasteiger partial charge in [0, 0.05) is 49.4 Å². The minimum Gasteiger partial charge on any atom is -0.309 e. The summed E-state index contributed by atoms with van der Waals surface area (Å²) in [6, 6.07) is 65.9. The molecule has 254 valence electrons. The summed E-state index contributed by atoms with van der Waals surface area (Å²) in [5.74, 6) is 0. The first-order valence-electron chi connectivity index (χ1n) is 18.3. The van der Waals surface area contributed by atoms with Crippen molar-refractivity contribution in [2.45, 2.75) is 0 Å². The zero-order valence-corrected chi connectivity index (χ0v) is 29.5. The van der Waals surface area contributed by atoms with Gasteiger partial charge in [0.05, 0.1) is 56.4 Å². The van der Waals surface area contributed by atoms with Gasteiger partial charge in [-0.3, -0.25) is 0 Å². The summed E-state index contributed by atoms with van der Waals surface area (Å²) in [5.41, 5.74) is 12.7. The number of hydrogen-bond donors (Lipinski definition) is 0. The highest BCUT2D eigenvalue weighted by Crippen LogP contribution is 2.39. The van der Waals surface area contributed by atoms with Gasteiger partial charge < -0.3 is 13.7 Å². The highest BCUT2D eigenvalue weighted by molar-refractivity contribution is 6.13. The van der Waals surface area contributed by atoms with E-state index in [0.717, 1.165) is 82.8 Å². The van der Waals surface area contributed by atoms with Crippen LogP contribution in [0.2, 0.25) is 0 Å². The quantitative estimate of drug-likeness (QED) is 0.184. The van der Waals surface area contributed by atoms with Gasteiger partial charge in [-0.15, -0.1) is 0 Å². The van der Waals surface area contributed by atoms with Crippen LogP contribution < -0.4 is 0 Å². The minimum absolute atomic E-state index is 0.612. The molecular weight excluding hydrogens is 671 g/mol. The van der Waals surface area contributed by atoms with Crippen LogP contribution in [0.4, 0.5) is 0 Å². The Morgan fingerprint density at radius 3 is 1.35 bits per heavy atom. The highest BCUT2D eigenvalue weighted by Gasteiger charge is 2.18. The molecule has 0 amide bonds. The van der Waals surface area contributed by atoms with E-state index in [1.54, 1.807) is 0 Å². The van der Waals surface area contributed by atoms with Crippen molar-refractivity contribution in [1.82, 2.24) is 13.7 Å². The minimum atomic E-state index is 0.612. The molecule has 5 heteroatoms. The summed E-state index contributed by atoms with van der Waals surface area (Å²) in [6.45, 7) is 0. The SMILES string of the molecule is N#Cc1ccc2c(c1)c1ccccc1n2-c1ccc2c(c1)c1ccccc1n2-c1ccc(-c2cccc(-n3c4ccccc4c4ccccc43)c2)c(C#N)c1. The number of fused-ring (bicyclic) bond motifs is 9. The molecule has 0 saturated carbocycles. The fourth-order valence-electron chi connectivity index (χ4n) is 8.73. The number of para-hydroxylation sites is 4. The molecule has 0 aliphatic rings. The molecule has 11 rings (SSSR count). The number of hydrogen-bond acceptors (Lipinski definition) is 2.